The molecule has 0 aliphatic carbocycles. The van der Waals surface area contributed by atoms with Crippen LogP contribution >= 0.6 is 27.3 Å². The molecule has 0 spiro atoms. The minimum atomic E-state index is 0.513. The Kier molecular flexibility index (Phi) is 3.31. The van der Waals surface area contributed by atoms with Crippen LogP contribution in [0.5, 0.6) is 0 Å². The van der Waals surface area contributed by atoms with E-state index < -0.39 is 0 Å². The van der Waals surface area contributed by atoms with Crippen LogP contribution in [0.2, 0.25) is 0 Å². The smallest absolute Gasteiger partial charge is 0.0701 e. The van der Waals surface area contributed by atoms with Gasteiger partial charge >= 0.3 is 0 Å². The lowest BCUT2D eigenvalue weighted by molar-refractivity contribution is 0.642. The van der Waals surface area contributed by atoms with Gasteiger partial charge in [0.2, 0.25) is 0 Å². The molecule has 0 saturated heterocycles. The minimum absolute atomic E-state index is 0.513. The lowest BCUT2D eigenvalue weighted by Crippen LogP contribution is -2.41. The number of hydrogen-bond acceptors (Lipinski definition) is 3. The maximum atomic E-state index is 3.53. The van der Waals surface area contributed by atoms with E-state index in [0.717, 1.165) is 13.1 Å². The van der Waals surface area contributed by atoms with Gasteiger partial charge in [-0.05, 0) is 52.0 Å². The van der Waals surface area contributed by atoms with Gasteiger partial charge in [-0.15, -0.1) is 11.3 Å². The normalized spacial score (nSPS) is 18.3. The largest absolute Gasteiger partial charge is 0.381 e. The van der Waals surface area contributed by atoms with Gasteiger partial charge in [-0.2, -0.15) is 0 Å². The fourth-order valence-electron chi connectivity index (χ4n) is 2.35. The van der Waals surface area contributed by atoms with Gasteiger partial charge in [0.25, 0.3) is 0 Å². The molecule has 4 heteroatoms. The highest BCUT2D eigenvalue weighted by atomic mass is 79.9. The van der Waals surface area contributed by atoms with Crippen molar-refractivity contribution in [2.75, 3.05) is 16.8 Å². The first kappa shape index (κ1) is 12.1. The molecule has 2 nitrogen and oxygen atoms in total. The predicted molar refractivity (Wildman–Crippen MR) is 82.6 cm³/mol. The molecular formula is C14H15BrN2S. The van der Waals surface area contributed by atoms with E-state index in [1.807, 2.05) is 0 Å². The summed E-state index contributed by atoms with van der Waals surface area (Å²) in [7, 11) is 0. The van der Waals surface area contributed by atoms with E-state index in [4.69, 9.17) is 0 Å². The minimum Gasteiger partial charge on any atom is -0.381 e. The second-order valence-corrected chi connectivity index (χ2v) is 6.92. The topological polar surface area (TPSA) is 15.3 Å². The van der Waals surface area contributed by atoms with Crippen molar-refractivity contribution in [3.05, 3.63) is 45.1 Å². The molecule has 1 aromatic heterocycles. The summed E-state index contributed by atoms with van der Waals surface area (Å²) in [5, 5.41) is 5.71. The molecule has 2 heterocycles. The Bertz CT molecular complexity index is 552. The molecule has 1 aromatic carbocycles. The van der Waals surface area contributed by atoms with Crippen LogP contribution in [0.4, 0.5) is 11.4 Å². The second kappa shape index (κ2) is 4.94. The Balaban J connectivity index is 1.91. The quantitative estimate of drug-likeness (QED) is 0.885. The lowest BCUT2D eigenvalue weighted by atomic mass is 10.1. The molecule has 3 rings (SSSR count). The molecule has 2 aromatic rings. The monoisotopic (exact) mass is 322 g/mol. The Morgan fingerprint density at radius 1 is 1.44 bits per heavy atom. The Morgan fingerprint density at radius 3 is 3.06 bits per heavy atom. The second-order valence-electron chi connectivity index (χ2n) is 4.63. The number of hydrogen-bond donors (Lipinski definition) is 1. The van der Waals surface area contributed by atoms with Crippen molar-refractivity contribution < 1.29 is 0 Å². The van der Waals surface area contributed by atoms with Gasteiger partial charge in [-0.25, -0.2) is 0 Å². The van der Waals surface area contributed by atoms with E-state index in [0.29, 0.717) is 6.04 Å². The number of rotatable bonds is 2. The van der Waals surface area contributed by atoms with Gasteiger partial charge in [0.1, 0.15) is 0 Å². The van der Waals surface area contributed by atoms with Crippen molar-refractivity contribution in [1.82, 2.24) is 0 Å². The van der Waals surface area contributed by atoms with Crippen LogP contribution < -0.4 is 10.2 Å². The van der Waals surface area contributed by atoms with E-state index in [-0.39, 0.29) is 0 Å². The zero-order chi connectivity index (χ0) is 12.5. The van der Waals surface area contributed by atoms with E-state index >= 15 is 0 Å². The zero-order valence-electron chi connectivity index (χ0n) is 10.2. The summed E-state index contributed by atoms with van der Waals surface area (Å²) in [5.74, 6) is 0. The summed E-state index contributed by atoms with van der Waals surface area (Å²) < 4.78 is 1.20. The van der Waals surface area contributed by atoms with Gasteiger partial charge < -0.3 is 10.2 Å². The number of benzene rings is 1. The molecular weight excluding hydrogens is 308 g/mol. The molecule has 0 fully saturated rings. The molecule has 1 unspecified atom stereocenters. The van der Waals surface area contributed by atoms with Crippen LogP contribution in [0.25, 0.3) is 0 Å². The number of halogens is 1. The van der Waals surface area contributed by atoms with Gasteiger partial charge in [0.05, 0.1) is 15.2 Å². The molecule has 0 saturated carbocycles. The van der Waals surface area contributed by atoms with Crippen LogP contribution in [-0.2, 0) is 6.54 Å². The van der Waals surface area contributed by atoms with Crippen LogP contribution in [0.15, 0.2) is 39.5 Å². The Hall–Kier alpha value is -1.00. The van der Waals surface area contributed by atoms with Crippen LogP contribution in [-0.4, -0.2) is 12.6 Å². The molecule has 18 heavy (non-hydrogen) atoms. The number of anilines is 2. The van der Waals surface area contributed by atoms with Crippen molar-refractivity contribution in [1.29, 1.82) is 0 Å². The van der Waals surface area contributed by atoms with E-state index in [1.54, 1.807) is 11.3 Å². The Labute approximate surface area is 120 Å². The van der Waals surface area contributed by atoms with Crippen LogP contribution in [0.1, 0.15) is 12.5 Å². The third kappa shape index (κ3) is 2.27. The molecule has 1 aliphatic heterocycles. The highest BCUT2D eigenvalue weighted by Gasteiger charge is 2.22. The predicted octanol–water partition coefficient (Wildman–Crippen LogP) is 4.33. The summed E-state index contributed by atoms with van der Waals surface area (Å²) in [6.45, 7) is 4.24. The maximum absolute atomic E-state index is 3.53. The van der Waals surface area contributed by atoms with E-state index in [9.17, 15) is 0 Å². The number of nitrogens with one attached hydrogen (secondary N) is 1. The van der Waals surface area contributed by atoms with Gasteiger partial charge in [-0.1, -0.05) is 12.1 Å². The fourth-order valence-corrected chi connectivity index (χ4v) is 3.55. The lowest BCUT2D eigenvalue weighted by Gasteiger charge is -2.37. The van der Waals surface area contributed by atoms with Crippen LogP contribution in [0.3, 0.4) is 0 Å². The highest BCUT2D eigenvalue weighted by Crippen LogP contribution is 2.33. The fraction of sp³-hybridized carbons (Fsp3) is 0.286. The summed E-state index contributed by atoms with van der Waals surface area (Å²) in [6.07, 6.45) is 0. The molecule has 1 N–H and O–H groups in total. The highest BCUT2D eigenvalue weighted by molar-refractivity contribution is 9.11. The number of thiophene rings is 1. The molecule has 0 bridgehead atoms. The summed E-state index contributed by atoms with van der Waals surface area (Å²) in [6, 6.07) is 11.3. The molecule has 0 radical (unpaired) electrons. The maximum Gasteiger partial charge on any atom is 0.0701 e. The first-order valence-corrected chi connectivity index (χ1v) is 7.74. The molecule has 1 aliphatic rings. The van der Waals surface area contributed by atoms with Crippen molar-refractivity contribution in [3.63, 3.8) is 0 Å². The first-order chi connectivity index (χ1) is 8.74. The molecule has 1 atom stereocenters. The average molecular weight is 323 g/mol. The number of para-hydroxylation sites is 2. The van der Waals surface area contributed by atoms with E-state index in [2.05, 4.69) is 68.8 Å². The third-order valence-electron chi connectivity index (χ3n) is 3.31. The number of fused-ring (bicyclic) bond motifs is 1. The first-order valence-electron chi connectivity index (χ1n) is 6.06. The van der Waals surface area contributed by atoms with Crippen LogP contribution in [0, 0.1) is 0 Å². The number of nitrogens with zero attached hydrogens (tertiary/aromatic N) is 1. The molecule has 0 amide bonds. The molecule has 94 valence electrons. The van der Waals surface area contributed by atoms with Crippen molar-refractivity contribution >= 4 is 38.6 Å². The third-order valence-corrected chi connectivity index (χ3v) is 4.86. The summed E-state index contributed by atoms with van der Waals surface area (Å²) >= 11 is 5.28. The standard InChI is InChI=1S/C14H15BrN2S/c1-10-7-16-12-4-2-3-5-13(12)17(10)8-11-6-14(15)18-9-11/h2-6,9-10,16H,7-8H2,1H3. The summed E-state index contributed by atoms with van der Waals surface area (Å²) in [4.78, 5) is 2.47. The zero-order valence-corrected chi connectivity index (χ0v) is 12.6. The van der Waals surface area contributed by atoms with Crippen molar-refractivity contribution in [3.8, 4) is 0 Å². The van der Waals surface area contributed by atoms with Gasteiger partial charge in [-0.3, -0.25) is 0 Å². The van der Waals surface area contributed by atoms with Crippen molar-refractivity contribution in [2.24, 2.45) is 0 Å². The average Bonchev–Trinajstić information content (AvgIpc) is 2.79. The Morgan fingerprint density at radius 2 is 2.28 bits per heavy atom. The van der Waals surface area contributed by atoms with E-state index in [1.165, 1.54) is 20.7 Å². The SMILES string of the molecule is CC1CNc2ccccc2N1Cc1csc(Br)c1. The van der Waals surface area contributed by atoms with Gasteiger partial charge in [0.15, 0.2) is 0 Å². The summed E-state index contributed by atoms with van der Waals surface area (Å²) in [5.41, 5.74) is 3.92. The van der Waals surface area contributed by atoms with Gasteiger partial charge in [0, 0.05) is 19.1 Å². The van der Waals surface area contributed by atoms with Crippen molar-refractivity contribution in [2.45, 2.75) is 19.5 Å².